The molecule has 0 atom stereocenters. The predicted octanol–water partition coefficient (Wildman–Crippen LogP) is 3.05. The van der Waals surface area contributed by atoms with E-state index in [1.807, 2.05) is 25.1 Å². The second-order valence-corrected chi connectivity index (χ2v) is 8.39. The summed E-state index contributed by atoms with van der Waals surface area (Å²) in [7, 11) is -3.78. The van der Waals surface area contributed by atoms with Gasteiger partial charge >= 0.3 is 0 Å². The zero-order valence-electron chi connectivity index (χ0n) is 13.8. The Hall–Kier alpha value is -2.36. The van der Waals surface area contributed by atoms with Gasteiger partial charge in [-0.1, -0.05) is 23.5 Å². The Morgan fingerprint density at radius 1 is 1.19 bits per heavy atom. The lowest BCUT2D eigenvalue weighted by Gasteiger charge is -2.06. The summed E-state index contributed by atoms with van der Waals surface area (Å²) >= 11 is 1.36. The fraction of sp³-hybridized carbons (Fsp3) is 0.176. The number of hydrogen-bond acceptors (Lipinski definition) is 5. The maximum absolute atomic E-state index is 12.9. The predicted molar refractivity (Wildman–Crippen MR) is 99.2 cm³/mol. The van der Waals surface area contributed by atoms with Crippen molar-refractivity contribution in [1.29, 1.82) is 0 Å². The largest absolute Gasteiger partial charge is 0.302 e. The van der Waals surface area contributed by atoms with E-state index in [2.05, 4.69) is 15.0 Å². The minimum absolute atomic E-state index is 0.0463. The summed E-state index contributed by atoms with van der Waals surface area (Å²) in [5, 5.41) is 3.15. The van der Waals surface area contributed by atoms with E-state index in [1.165, 1.54) is 23.5 Å². The van der Waals surface area contributed by atoms with E-state index < -0.39 is 15.8 Å². The van der Waals surface area contributed by atoms with Gasteiger partial charge in [-0.3, -0.25) is 4.79 Å². The molecule has 9 heteroatoms. The van der Waals surface area contributed by atoms with Gasteiger partial charge in [0.25, 0.3) is 0 Å². The molecule has 136 valence electrons. The van der Waals surface area contributed by atoms with Crippen LogP contribution >= 0.6 is 11.3 Å². The number of halogens is 1. The first-order valence-electron chi connectivity index (χ1n) is 7.76. The molecule has 1 heterocycles. The molecule has 0 radical (unpaired) electrons. The Labute approximate surface area is 154 Å². The molecule has 0 unspecified atom stereocenters. The number of carbonyl (C=O) groups is 1. The molecule has 0 bridgehead atoms. The summed E-state index contributed by atoms with van der Waals surface area (Å²) in [4.78, 5) is 16.3. The van der Waals surface area contributed by atoms with Crippen molar-refractivity contribution in [3.8, 4) is 0 Å². The average molecular weight is 393 g/mol. The summed E-state index contributed by atoms with van der Waals surface area (Å²) in [5.41, 5.74) is 1.86. The van der Waals surface area contributed by atoms with Gasteiger partial charge in [0.05, 0.1) is 15.1 Å². The van der Waals surface area contributed by atoms with Gasteiger partial charge in [-0.15, -0.1) is 0 Å². The highest BCUT2D eigenvalue weighted by molar-refractivity contribution is 7.89. The number of sulfonamides is 1. The van der Waals surface area contributed by atoms with Crippen LogP contribution in [0.5, 0.6) is 0 Å². The Morgan fingerprint density at radius 3 is 2.62 bits per heavy atom. The van der Waals surface area contributed by atoms with Crippen molar-refractivity contribution in [2.24, 2.45) is 0 Å². The van der Waals surface area contributed by atoms with Gasteiger partial charge < -0.3 is 5.32 Å². The van der Waals surface area contributed by atoms with Gasteiger partial charge in [0.2, 0.25) is 15.9 Å². The van der Waals surface area contributed by atoms with E-state index in [-0.39, 0.29) is 23.8 Å². The Balaban J connectivity index is 1.56. The van der Waals surface area contributed by atoms with Gasteiger partial charge in [-0.2, -0.15) is 0 Å². The highest BCUT2D eigenvalue weighted by Gasteiger charge is 2.15. The minimum Gasteiger partial charge on any atom is -0.302 e. The molecule has 2 N–H and O–H groups in total. The fourth-order valence-electron chi connectivity index (χ4n) is 2.32. The number of nitrogens with one attached hydrogen (secondary N) is 2. The lowest BCUT2D eigenvalue weighted by atomic mass is 10.2. The molecule has 0 saturated carbocycles. The molecule has 26 heavy (non-hydrogen) atoms. The highest BCUT2D eigenvalue weighted by Crippen LogP contribution is 2.27. The number of aryl methyl sites for hydroxylation is 1. The lowest BCUT2D eigenvalue weighted by molar-refractivity contribution is -0.116. The highest BCUT2D eigenvalue weighted by atomic mass is 32.2. The van der Waals surface area contributed by atoms with Crippen molar-refractivity contribution in [3.05, 3.63) is 53.8 Å². The molecule has 1 amide bonds. The van der Waals surface area contributed by atoms with Crippen molar-refractivity contribution in [1.82, 2.24) is 9.71 Å². The molecule has 0 fully saturated rings. The van der Waals surface area contributed by atoms with Crippen LogP contribution < -0.4 is 10.0 Å². The quantitative estimate of drug-likeness (QED) is 0.674. The van der Waals surface area contributed by atoms with Gasteiger partial charge in [-0.05, 0) is 42.8 Å². The molecule has 3 rings (SSSR count). The van der Waals surface area contributed by atoms with Gasteiger partial charge in [0.15, 0.2) is 5.13 Å². The minimum atomic E-state index is -3.78. The molecule has 1 aromatic heterocycles. The molecule has 3 aromatic rings. The van der Waals surface area contributed by atoms with Crippen LogP contribution in [0.1, 0.15) is 12.0 Å². The zero-order chi connectivity index (χ0) is 18.7. The molecular weight excluding hydrogens is 377 g/mol. The monoisotopic (exact) mass is 393 g/mol. The summed E-state index contributed by atoms with van der Waals surface area (Å²) in [6.45, 7) is 1.87. The summed E-state index contributed by atoms with van der Waals surface area (Å²) < 4.78 is 40.3. The summed E-state index contributed by atoms with van der Waals surface area (Å²) in [6, 6.07) is 10.3. The second kappa shape index (κ2) is 7.48. The van der Waals surface area contributed by atoms with Crippen LogP contribution in [0.15, 0.2) is 47.4 Å². The van der Waals surface area contributed by atoms with Crippen LogP contribution in [0.25, 0.3) is 10.2 Å². The molecule has 2 aromatic carbocycles. The van der Waals surface area contributed by atoms with E-state index in [0.29, 0.717) is 5.13 Å². The standard InChI is InChI=1S/C17H16FN3O3S2/c1-11-3-2-4-14-16(11)21-17(25-14)20-15(22)9-10-19-26(23,24)13-7-5-12(18)6-8-13/h2-8,19H,9-10H2,1H3,(H,20,21,22). The maximum Gasteiger partial charge on any atom is 0.240 e. The number of fused-ring (bicyclic) bond motifs is 1. The number of carbonyl (C=O) groups excluding carboxylic acids is 1. The molecule has 0 spiro atoms. The van der Waals surface area contributed by atoms with Crippen LogP contribution in [0.2, 0.25) is 0 Å². The number of thiazole rings is 1. The molecular formula is C17H16FN3O3S2. The van der Waals surface area contributed by atoms with Crippen LogP contribution in [-0.4, -0.2) is 25.9 Å². The molecule has 0 aliphatic heterocycles. The van der Waals surface area contributed by atoms with Crippen LogP contribution in [0.3, 0.4) is 0 Å². The molecule has 6 nitrogen and oxygen atoms in total. The Morgan fingerprint density at radius 2 is 1.92 bits per heavy atom. The third-order valence-electron chi connectivity index (χ3n) is 3.64. The first-order valence-corrected chi connectivity index (χ1v) is 10.1. The number of hydrogen-bond donors (Lipinski definition) is 2. The van der Waals surface area contributed by atoms with Crippen molar-refractivity contribution >= 4 is 42.6 Å². The third kappa shape index (κ3) is 4.24. The fourth-order valence-corrected chi connectivity index (χ4v) is 4.31. The van der Waals surface area contributed by atoms with Crippen molar-refractivity contribution in [3.63, 3.8) is 0 Å². The first-order chi connectivity index (χ1) is 12.3. The second-order valence-electron chi connectivity index (χ2n) is 5.59. The maximum atomic E-state index is 12.9. The normalized spacial score (nSPS) is 11.6. The number of rotatable bonds is 6. The summed E-state index contributed by atoms with van der Waals surface area (Å²) in [6.07, 6.45) is -0.0463. The number of para-hydroxylation sites is 1. The van der Waals surface area contributed by atoms with Crippen molar-refractivity contribution < 1.29 is 17.6 Å². The number of benzene rings is 2. The van der Waals surface area contributed by atoms with Gasteiger partial charge in [-0.25, -0.2) is 22.5 Å². The van der Waals surface area contributed by atoms with Crippen LogP contribution in [0.4, 0.5) is 9.52 Å². The van der Waals surface area contributed by atoms with E-state index in [0.717, 1.165) is 27.9 Å². The van der Waals surface area contributed by atoms with E-state index in [4.69, 9.17) is 0 Å². The van der Waals surface area contributed by atoms with E-state index in [9.17, 15) is 17.6 Å². The van der Waals surface area contributed by atoms with Crippen LogP contribution in [-0.2, 0) is 14.8 Å². The molecule has 0 saturated heterocycles. The van der Waals surface area contributed by atoms with Gasteiger partial charge in [0.1, 0.15) is 5.82 Å². The van der Waals surface area contributed by atoms with Gasteiger partial charge in [0, 0.05) is 13.0 Å². The Bertz CT molecular complexity index is 1050. The number of nitrogens with zero attached hydrogens (tertiary/aromatic N) is 1. The number of amides is 1. The smallest absolute Gasteiger partial charge is 0.240 e. The Kier molecular flexibility index (Phi) is 5.30. The average Bonchev–Trinajstić information content (AvgIpc) is 2.99. The number of anilines is 1. The lowest BCUT2D eigenvalue weighted by Crippen LogP contribution is -2.27. The zero-order valence-corrected chi connectivity index (χ0v) is 15.5. The third-order valence-corrected chi connectivity index (χ3v) is 6.05. The van der Waals surface area contributed by atoms with E-state index >= 15 is 0 Å². The number of aromatic nitrogens is 1. The summed E-state index contributed by atoms with van der Waals surface area (Å²) in [5.74, 6) is -0.863. The first kappa shape index (κ1) is 18.4. The SMILES string of the molecule is Cc1cccc2sc(NC(=O)CCNS(=O)(=O)c3ccc(F)cc3)nc12. The molecule has 0 aliphatic carbocycles. The van der Waals surface area contributed by atoms with Crippen molar-refractivity contribution in [2.45, 2.75) is 18.2 Å². The topological polar surface area (TPSA) is 88.2 Å². The van der Waals surface area contributed by atoms with Crippen LogP contribution in [0, 0.1) is 12.7 Å². The van der Waals surface area contributed by atoms with Crippen molar-refractivity contribution in [2.75, 3.05) is 11.9 Å². The van der Waals surface area contributed by atoms with E-state index in [1.54, 1.807) is 0 Å². The molecule has 0 aliphatic rings.